The molecule has 3 heteroatoms. The first-order valence-electron chi connectivity index (χ1n) is 12.5. The number of nitrogens with zero attached hydrogens (tertiary/aromatic N) is 3. The highest BCUT2D eigenvalue weighted by atomic mass is 15.5. The van der Waals surface area contributed by atoms with E-state index in [1.807, 2.05) is 11.2 Å². The number of anilines is 2. The van der Waals surface area contributed by atoms with E-state index in [0.29, 0.717) is 0 Å². The highest BCUT2D eigenvalue weighted by Gasteiger charge is 2.11. The molecule has 7 aromatic rings. The molecule has 0 aliphatic heterocycles. The molecule has 1 aromatic heterocycles. The van der Waals surface area contributed by atoms with Crippen molar-refractivity contribution in [3.05, 3.63) is 133 Å². The van der Waals surface area contributed by atoms with E-state index in [0.717, 1.165) is 16.9 Å². The maximum Gasteiger partial charge on any atom is 0.0659 e. The van der Waals surface area contributed by atoms with Crippen LogP contribution in [0.2, 0.25) is 0 Å². The highest BCUT2D eigenvalue weighted by Crippen LogP contribution is 2.32. The van der Waals surface area contributed by atoms with Crippen LogP contribution in [0.3, 0.4) is 0 Å². The molecule has 6 aromatic carbocycles. The van der Waals surface area contributed by atoms with Gasteiger partial charge in [-0.1, -0.05) is 84.9 Å². The normalized spacial score (nSPS) is 11.8. The summed E-state index contributed by atoms with van der Waals surface area (Å²) in [6, 6.07) is 45.0. The van der Waals surface area contributed by atoms with E-state index in [1.54, 1.807) is 0 Å². The zero-order valence-electron chi connectivity index (χ0n) is 20.5. The predicted octanol–water partition coefficient (Wildman–Crippen LogP) is 8.81. The van der Waals surface area contributed by atoms with Crippen LogP contribution in [0.5, 0.6) is 0 Å². The Morgan fingerprint density at radius 2 is 1.11 bits per heavy atom. The van der Waals surface area contributed by atoms with Crippen LogP contribution < -0.4 is 5.01 Å². The molecule has 1 heterocycles. The van der Waals surface area contributed by atoms with Crippen LogP contribution in [0.1, 0.15) is 5.56 Å². The van der Waals surface area contributed by atoms with Crippen molar-refractivity contribution in [1.82, 2.24) is 4.57 Å². The standard InChI is InChI=1S/C34H25N3/c1-36-33-13-7-6-12-31(33)32-20-24(14-19-34(32)36)23-35-37(29-17-15-25-8-2-4-10-27(25)21-29)30-18-16-26-9-3-5-11-28(26)22-30/h2-23H,1H3/b35-23-. The lowest BCUT2D eigenvalue weighted by Gasteiger charge is -2.20. The first kappa shape index (κ1) is 21.4. The van der Waals surface area contributed by atoms with Crippen molar-refractivity contribution in [2.24, 2.45) is 12.1 Å². The Bertz CT molecular complexity index is 1880. The first-order chi connectivity index (χ1) is 18.2. The number of para-hydroxylation sites is 1. The van der Waals surface area contributed by atoms with Gasteiger partial charge in [-0.2, -0.15) is 5.10 Å². The van der Waals surface area contributed by atoms with Crippen LogP contribution in [-0.4, -0.2) is 10.8 Å². The fourth-order valence-electron chi connectivity index (χ4n) is 5.29. The summed E-state index contributed by atoms with van der Waals surface area (Å²) in [5.74, 6) is 0. The van der Waals surface area contributed by atoms with Crippen LogP contribution >= 0.6 is 0 Å². The van der Waals surface area contributed by atoms with Gasteiger partial charge < -0.3 is 4.57 Å². The largest absolute Gasteiger partial charge is 0.344 e. The quantitative estimate of drug-likeness (QED) is 0.184. The van der Waals surface area contributed by atoms with Gasteiger partial charge in [-0.05, 0) is 69.6 Å². The number of hydrogen-bond acceptors (Lipinski definition) is 2. The number of aromatic nitrogens is 1. The number of rotatable bonds is 4. The molecule has 0 spiro atoms. The average Bonchev–Trinajstić information content (AvgIpc) is 3.24. The number of hydrazone groups is 1. The van der Waals surface area contributed by atoms with Gasteiger partial charge >= 0.3 is 0 Å². The Morgan fingerprint density at radius 1 is 0.541 bits per heavy atom. The van der Waals surface area contributed by atoms with E-state index in [4.69, 9.17) is 5.10 Å². The van der Waals surface area contributed by atoms with E-state index < -0.39 is 0 Å². The average molecular weight is 476 g/mol. The Balaban J connectivity index is 1.36. The minimum Gasteiger partial charge on any atom is -0.344 e. The Hall–Kier alpha value is -4.89. The van der Waals surface area contributed by atoms with Gasteiger partial charge in [0.1, 0.15) is 0 Å². The zero-order valence-corrected chi connectivity index (χ0v) is 20.5. The summed E-state index contributed by atoms with van der Waals surface area (Å²) in [6.07, 6.45) is 1.96. The highest BCUT2D eigenvalue weighted by molar-refractivity contribution is 6.09. The molecule has 0 N–H and O–H groups in total. The van der Waals surface area contributed by atoms with Gasteiger partial charge in [-0.15, -0.1) is 0 Å². The summed E-state index contributed by atoms with van der Waals surface area (Å²) < 4.78 is 2.25. The van der Waals surface area contributed by atoms with Crippen molar-refractivity contribution >= 4 is 60.9 Å². The van der Waals surface area contributed by atoms with Crippen LogP contribution in [0.15, 0.2) is 132 Å². The molecule has 7 rings (SSSR count). The van der Waals surface area contributed by atoms with Crippen molar-refractivity contribution in [2.75, 3.05) is 5.01 Å². The summed E-state index contributed by atoms with van der Waals surface area (Å²) in [7, 11) is 2.12. The smallest absolute Gasteiger partial charge is 0.0659 e. The van der Waals surface area contributed by atoms with Gasteiger partial charge in [0.25, 0.3) is 0 Å². The lowest BCUT2D eigenvalue weighted by atomic mass is 10.1. The zero-order chi connectivity index (χ0) is 24.8. The Labute approximate surface area is 215 Å². The molecule has 0 unspecified atom stereocenters. The molecular weight excluding hydrogens is 450 g/mol. The third kappa shape index (κ3) is 3.73. The molecule has 0 aliphatic carbocycles. The predicted molar refractivity (Wildman–Crippen MR) is 158 cm³/mol. The van der Waals surface area contributed by atoms with Crippen LogP contribution in [0.4, 0.5) is 11.4 Å². The van der Waals surface area contributed by atoms with Crippen molar-refractivity contribution in [2.45, 2.75) is 0 Å². The van der Waals surface area contributed by atoms with Crippen molar-refractivity contribution in [3.8, 4) is 0 Å². The molecule has 0 aliphatic rings. The molecule has 0 fully saturated rings. The van der Waals surface area contributed by atoms with Crippen LogP contribution in [0, 0.1) is 0 Å². The van der Waals surface area contributed by atoms with Crippen molar-refractivity contribution in [1.29, 1.82) is 0 Å². The topological polar surface area (TPSA) is 20.5 Å². The second-order valence-electron chi connectivity index (χ2n) is 9.47. The van der Waals surface area contributed by atoms with Gasteiger partial charge in [0.05, 0.1) is 17.6 Å². The van der Waals surface area contributed by atoms with E-state index in [1.165, 1.54) is 43.4 Å². The number of fused-ring (bicyclic) bond motifs is 5. The SMILES string of the molecule is Cn1c2ccccc2c2cc(/C=N\N(c3ccc4ccccc4c3)c3ccc4ccccc4c3)ccc21. The maximum atomic E-state index is 5.04. The molecule has 0 saturated carbocycles. The minimum absolute atomic E-state index is 1.02. The number of aryl methyl sites for hydroxylation is 1. The second-order valence-corrected chi connectivity index (χ2v) is 9.47. The molecule has 176 valence electrons. The van der Waals surface area contributed by atoms with Crippen molar-refractivity contribution in [3.63, 3.8) is 0 Å². The van der Waals surface area contributed by atoms with Gasteiger partial charge in [-0.25, -0.2) is 5.01 Å². The molecule has 3 nitrogen and oxygen atoms in total. The lowest BCUT2D eigenvalue weighted by Crippen LogP contribution is -2.09. The van der Waals surface area contributed by atoms with Gasteiger partial charge in [0, 0.05) is 28.9 Å². The molecule has 0 atom stereocenters. The molecule has 37 heavy (non-hydrogen) atoms. The monoisotopic (exact) mass is 475 g/mol. The molecule has 0 saturated heterocycles. The van der Waals surface area contributed by atoms with Gasteiger partial charge in [0.15, 0.2) is 0 Å². The van der Waals surface area contributed by atoms with Crippen LogP contribution in [0.25, 0.3) is 43.4 Å². The number of benzene rings is 6. The lowest BCUT2D eigenvalue weighted by molar-refractivity contribution is 1.01. The van der Waals surface area contributed by atoms with Gasteiger partial charge in [0.2, 0.25) is 0 Å². The fourth-order valence-corrected chi connectivity index (χ4v) is 5.29. The second kappa shape index (κ2) is 8.65. The van der Waals surface area contributed by atoms with E-state index >= 15 is 0 Å². The molecular formula is C34H25N3. The third-order valence-electron chi connectivity index (χ3n) is 7.22. The summed E-state index contributed by atoms with van der Waals surface area (Å²) in [5, 5.41) is 14.4. The van der Waals surface area contributed by atoms with Crippen molar-refractivity contribution < 1.29 is 0 Å². The summed E-state index contributed by atoms with van der Waals surface area (Å²) in [4.78, 5) is 0. The first-order valence-corrected chi connectivity index (χ1v) is 12.5. The summed E-state index contributed by atoms with van der Waals surface area (Å²) >= 11 is 0. The molecule has 0 bridgehead atoms. The van der Waals surface area contributed by atoms with E-state index in [2.05, 4.69) is 139 Å². The fraction of sp³-hybridized carbons (Fsp3) is 0.0294. The summed E-state index contributed by atoms with van der Waals surface area (Å²) in [5.41, 5.74) is 5.57. The van der Waals surface area contributed by atoms with Crippen LogP contribution in [-0.2, 0) is 7.05 Å². The third-order valence-corrected chi connectivity index (χ3v) is 7.22. The molecule has 0 radical (unpaired) electrons. The van der Waals surface area contributed by atoms with E-state index in [9.17, 15) is 0 Å². The Morgan fingerprint density at radius 3 is 1.78 bits per heavy atom. The van der Waals surface area contributed by atoms with E-state index in [-0.39, 0.29) is 0 Å². The Kier molecular flexibility index (Phi) is 5.00. The molecule has 0 amide bonds. The summed E-state index contributed by atoms with van der Waals surface area (Å²) in [6.45, 7) is 0. The van der Waals surface area contributed by atoms with Gasteiger partial charge in [-0.3, -0.25) is 0 Å². The number of hydrogen-bond donors (Lipinski definition) is 0. The minimum atomic E-state index is 1.02. The maximum absolute atomic E-state index is 5.04.